The standard InChI is InChI=1S/C8H9N2O2/c9-6-5-7-3-1-2-4-8(7)10(11)12/h1-3H,5-6,9H2. The number of nitro groups is 1. The first kappa shape index (κ1) is 8.67. The summed E-state index contributed by atoms with van der Waals surface area (Å²) in [5, 5.41) is 10.4. The van der Waals surface area contributed by atoms with Crippen molar-refractivity contribution >= 4 is 5.69 Å². The minimum atomic E-state index is -0.439. The molecule has 0 aliphatic heterocycles. The molecule has 63 valence electrons. The number of nitrogens with two attached hydrogens (primary N) is 1. The van der Waals surface area contributed by atoms with Crippen molar-refractivity contribution in [3.63, 3.8) is 0 Å². The summed E-state index contributed by atoms with van der Waals surface area (Å²) in [6, 6.07) is 7.51. The van der Waals surface area contributed by atoms with Crippen molar-refractivity contribution in [3.8, 4) is 0 Å². The Morgan fingerprint density at radius 2 is 2.42 bits per heavy atom. The molecule has 0 amide bonds. The SMILES string of the molecule is NCCc1ccc[c]c1[N+](=O)[O-]. The van der Waals surface area contributed by atoms with E-state index in [2.05, 4.69) is 6.07 Å². The highest BCUT2D eigenvalue weighted by Crippen LogP contribution is 2.16. The van der Waals surface area contributed by atoms with Crippen molar-refractivity contribution < 1.29 is 4.92 Å². The molecule has 1 aromatic carbocycles. The smallest absolute Gasteiger partial charge is 0.280 e. The van der Waals surface area contributed by atoms with Crippen LogP contribution in [-0.4, -0.2) is 11.5 Å². The predicted octanol–water partition coefficient (Wildman–Crippen LogP) is 0.896. The molecule has 0 spiro atoms. The van der Waals surface area contributed by atoms with E-state index in [0.717, 1.165) is 0 Å². The average molecular weight is 165 g/mol. The Morgan fingerprint density at radius 1 is 1.67 bits per heavy atom. The fourth-order valence-electron chi connectivity index (χ4n) is 0.990. The van der Waals surface area contributed by atoms with Gasteiger partial charge in [-0.3, -0.25) is 10.1 Å². The highest BCUT2D eigenvalue weighted by atomic mass is 16.6. The number of benzene rings is 1. The van der Waals surface area contributed by atoms with Gasteiger partial charge in [0.2, 0.25) is 0 Å². The number of nitrogens with zero attached hydrogens (tertiary/aromatic N) is 1. The quantitative estimate of drug-likeness (QED) is 0.534. The van der Waals surface area contributed by atoms with E-state index >= 15 is 0 Å². The van der Waals surface area contributed by atoms with Gasteiger partial charge in [0.25, 0.3) is 5.69 Å². The van der Waals surface area contributed by atoms with Crippen molar-refractivity contribution in [3.05, 3.63) is 39.9 Å². The van der Waals surface area contributed by atoms with Crippen LogP contribution in [0.25, 0.3) is 0 Å². The highest BCUT2D eigenvalue weighted by Gasteiger charge is 2.10. The van der Waals surface area contributed by atoms with E-state index in [1.165, 1.54) is 6.07 Å². The molecule has 0 atom stereocenters. The molecular formula is C8H9N2O2. The van der Waals surface area contributed by atoms with Gasteiger partial charge < -0.3 is 5.73 Å². The maximum atomic E-state index is 10.4. The van der Waals surface area contributed by atoms with Crippen molar-refractivity contribution in [2.75, 3.05) is 6.54 Å². The monoisotopic (exact) mass is 165 g/mol. The zero-order chi connectivity index (χ0) is 8.97. The Bertz CT molecular complexity index is 286. The van der Waals surface area contributed by atoms with Crippen LogP contribution in [0.4, 0.5) is 5.69 Å². The lowest BCUT2D eigenvalue weighted by Gasteiger charge is -1.98. The van der Waals surface area contributed by atoms with E-state index in [9.17, 15) is 10.1 Å². The molecule has 1 radical (unpaired) electrons. The van der Waals surface area contributed by atoms with Gasteiger partial charge in [0.1, 0.15) is 0 Å². The molecular weight excluding hydrogens is 156 g/mol. The number of hydrogen-bond donors (Lipinski definition) is 1. The fraction of sp³-hybridized carbons (Fsp3) is 0.250. The van der Waals surface area contributed by atoms with Crippen LogP contribution in [0.5, 0.6) is 0 Å². The minimum absolute atomic E-state index is 0.0305. The number of nitro benzene ring substituents is 1. The highest BCUT2D eigenvalue weighted by molar-refractivity contribution is 5.38. The largest absolute Gasteiger partial charge is 0.330 e. The van der Waals surface area contributed by atoms with Crippen LogP contribution in [0, 0.1) is 16.2 Å². The molecule has 2 N–H and O–H groups in total. The lowest BCUT2D eigenvalue weighted by Crippen LogP contribution is -2.05. The molecule has 0 fully saturated rings. The van der Waals surface area contributed by atoms with Gasteiger partial charge in [-0.15, -0.1) is 0 Å². The predicted molar refractivity (Wildman–Crippen MR) is 44.7 cm³/mol. The third kappa shape index (κ3) is 1.79. The Kier molecular flexibility index (Phi) is 2.76. The number of rotatable bonds is 3. The van der Waals surface area contributed by atoms with Crippen molar-refractivity contribution in [1.82, 2.24) is 0 Å². The zero-order valence-corrected chi connectivity index (χ0v) is 6.49. The molecule has 0 aliphatic rings. The Hall–Kier alpha value is -1.42. The van der Waals surface area contributed by atoms with Gasteiger partial charge >= 0.3 is 0 Å². The zero-order valence-electron chi connectivity index (χ0n) is 6.49. The second-order valence-corrected chi connectivity index (χ2v) is 2.34. The summed E-state index contributed by atoms with van der Waals surface area (Å²) in [6.45, 7) is 0.415. The molecule has 0 saturated heterocycles. The van der Waals surface area contributed by atoms with E-state index in [1.807, 2.05) is 0 Å². The lowest BCUT2D eigenvalue weighted by molar-refractivity contribution is -0.385. The van der Waals surface area contributed by atoms with Crippen LogP contribution in [0.15, 0.2) is 18.2 Å². The van der Waals surface area contributed by atoms with Crippen LogP contribution >= 0.6 is 0 Å². The van der Waals surface area contributed by atoms with Gasteiger partial charge in [-0.2, -0.15) is 0 Å². The molecule has 1 rings (SSSR count). The van der Waals surface area contributed by atoms with Crippen LogP contribution in [0.1, 0.15) is 5.56 Å². The normalized spacial score (nSPS) is 9.75. The maximum Gasteiger partial charge on any atom is 0.280 e. The minimum Gasteiger partial charge on any atom is -0.330 e. The van der Waals surface area contributed by atoms with Crippen LogP contribution in [0.3, 0.4) is 0 Å². The molecule has 0 aliphatic carbocycles. The first-order chi connectivity index (χ1) is 5.75. The molecule has 4 heteroatoms. The Morgan fingerprint density at radius 3 is 3.00 bits per heavy atom. The average Bonchev–Trinajstić information content (AvgIpc) is 2.05. The molecule has 0 bridgehead atoms. The summed E-state index contributed by atoms with van der Waals surface area (Å²) in [5.74, 6) is 0. The molecule has 0 heterocycles. The van der Waals surface area contributed by atoms with Gasteiger partial charge in [0.05, 0.1) is 11.0 Å². The van der Waals surface area contributed by atoms with E-state index in [1.54, 1.807) is 12.1 Å². The second kappa shape index (κ2) is 3.82. The first-order valence-electron chi connectivity index (χ1n) is 3.59. The summed E-state index contributed by atoms with van der Waals surface area (Å²) in [6.07, 6.45) is 0.521. The summed E-state index contributed by atoms with van der Waals surface area (Å²) in [4.78, 5) is 9.99. The number of hydrogen-bond acceptors (Lipinski definition) is 3. The third-order valence-corrected chi connectivity index (χ3v) is 1.51. The fourth-order valence-corrected chi connectivity index (χ4v) is 0.990. The van der Waals surface area contributed by atoms with Crippen LogP contribution in [-0.2, 0) is 6.42 Å². The van der Waals surface area contributed by atoms with Crippen molar-refractivity contribution in [1.29, 1.82) is 0 Å². The second-order valence-electron chi connectivity index (χ2n) is 2.34. The van der Waals surface area contributed by atoms with Crippen molar-refractivity contribution in [2.24, 2.45) is 5.73 Å². The van der Waals surface area contributed by atoms with Crippen LogP contribution in [0.2, 0.25) is 0 Å². The molecule has 1 aromatic rings. The summed E-state index contributed by atoms with van der Waals surface area (Å²) >= 11 is 0. The van der Waals surface area contributed by atoms with Crippen LogP contribution < -0.4 is 5.73 Å². The lowest BCUT2D eigenvalue weighted by atomic mass is 10.1. The Balaban J connectivity index is 3.00. The van der Waals surface area contributed by atoms with Gasteiger partial charge in [0, 0.05) is 5.56 Å². The summed E-state index contributed by atoms with van der Waals surface area (Å²) < 4.78 is 0. The molecule has 0 unspecified atom stereocenters. The van der Waals surface area contributed by atoms with Gasteiger partial charge in [-0.05, 0) is 19.0 Å². The third-order valence-electron chi connectivity index (χ3n) is 1.51. The summed E-state index contributed by atoms with van der Waals surface area (Å²) in [5.41, 5.74) is 5.97. The van der Waals surface area contributed by atoms with Crippen molar-refractivity contribution in [2.45, 2.75) is 6.42 Å². The Labute approximate surface area is 70.2 Å². The summed E-state index contributed by atoms with van der Waals surface area (Å²) in [7, 11) is 0. The molecule has 0 aromatic heterocycles. The van der Waals surface area contributed by atoms with Gasteiger partial charge in [-0.1, -0.05) is 12.1 Å². The van der Waals surface area contributed by atoms with E-state index in [-0.39, 0.29) is 5.69 Å². The van der Waals surface area contributed by atoms with Gasteiger partial charge in [-0.25, -0.2) is 0 Å². The van der Waals surface area contributed by atoms with E-state index in [0.29, 0.717) is 18.5 Å². The first-order valence-corrected chi connectivity index (χ1v) is 3.59. The number of para-hydroxylation sites is 1. The van der Waals surface area contributed by atoms with E-state index < -0.39 is 4.92 Å². The van der Waals surface area contributed by atoms with E-state index in [4.69, 9.17) is 5.73 Å². The molecule has 12 heavy (non-hydrogen) atoms. The maximum absolute atomic E-state index is 10.4. The molecule has 4 nitrogen and oxygen atoms in total. The van der Waals surface area contributed by atoms with Gasteiger partial charge in [0.15, 0.2) is 0 Å². The molecule has 0 saturated carbocycles. The topological polar surface area (TPSA) is 69.2 Å².